The van der Waals surface area contributed by atoms with Crippen LogP contribution < -0.4 is 5.32 Å². The maximum absolute atomic E-state index is 10.0. The lowest BCUT2D eigenvalue weighted by Crippen LogP contribution is -1.98. The van der Waals surface area contributed by atoms with Gasteiger partial charge in [-0.25, -0.2) is 9.89 Å². The van der Waals surface area contributed by atoms with Crippen molar-refractivity contribution in [2.45, 2.75) is 0 Å². The molecule has 0 aliphatic heterocycles. The van der Waals surface area contributed by atoms with E-state index in [1.165, 1.54) is 0 Å². The summed E-state index contributed by atoms with van der Waals surface area (Å²) in [5.74, 6) is -1.52. The van der Waals surface area contributed by atoms with Gasteiger partial charge in [-0.05, 0) is 25.7 Å². The standard InChI is InChI=1S/C3H2ClN3O2.C2H7N/c4-3-5-1(2(8)9)6-7-3;1-3-2/h(H,8,9)(H,5,6,7);3H,1-2H3. The van der Waals surface area contributed by atoms with Crippen LogP contribution in [0.4, 0.5) is 0 Å². The van der Waals surface area contributed by atoms with Gasteiger partial charge in [0, 0.05) is 0 Å². The molecule has 0 saturated heterocycles. The number of rotatable bonds is 1. The van der Waals surface area contributed by atoms with Crippen molar-refractivity contribution >= 4 is 17.6 Å². The highest BCUT2D eigenvalue weighted by Gasteiger charge is 2.07. The number of aromatic nitrogens is 3. The van der Waals surface area contributed by atoms with Gasteiger partial charge in [-0.1, -0.05) is 0 Å². The summed E-state index contributed by atoms with van der Waals surface area (Å²) < 4.78 is 0. The summed E-state index contributed by atoms with van der Waals surface area (Å²) in [7, 11) is 3.75. The third kappa shape index (κ3) is 3.89. The molecule has 0 aliphatic carbocycles. The van der Waals surface area contributed by atoms with E-state index in [1.807, 2.05) is 14.1 Å². The molecule has 1 heterocycles. The van der Waals surface area contributed by atoms with Crippen LogP contribution in [0.2, 0.25) is 5.28 Å². The quantitative estimate of drug-likeness (QED) is 0.582. The van der Waals surface area contributed by atoms with E-state index < -0.39 is 5.97 Å². The van der Waals surface area contributed by atoms with E-state index in [2.05, 4.69) is 20.5 Å². The highest BCUT2D eigenvalue weighted by Crippen LogP contribution is 1.97. The van der Waals surface area contributed by atoms with Crippen molar-refractivity contribution in [1.29, 1.82) is 0 Å². The Labute approximate surface area is 74.0 Å². The molecular weight excluding hydrogens is 184 g/mol. The molecule has 1 aromatic heterocycles. The Morgan fingerprint density at radius 2 is 2.17 bits per heavy atom. The van der Waals surface area contributed by atoms with Crippen LogP contribution >= 0.6 is 11.6 Å². The SMILES string of the molecule is CNC.O=C(O)c1n[nH]c(Cl)n1. The van der Waals surface area contributed by atoms with Crippen molar-refractivity contribution < 1.29 is 9.90 Å². The zero-order chi connectivity index (χ0) is 9.56. The van der Waals surface area contributed by atoms with Crippen molar-refractivity contribution in [2.24, 2.45) is 0 Å². The number of aromatic amines is 1. The number of carbonyl (C=O) groups is 1. The molecule has 1 aromatic rings. The molecule has 0 aromatic carbocycles. The van der Waals surface area contributed by atoms with E-state index in [4.69, 9.17) is 16.7 Å². The second kappa shape index (κ2) is 5.50. The number of nitrogens with zero attached hydrogens (tertiary/aromatic N) is 2. The van der Waals surface area contributed by atoms with Gasteiger partial charge in [0.2, 0.25) is 5.28 Å². The van der Waals surface area contributed by atoms with Crippen molar-refractivity contribution in [2.75, 3.05) is 14.1 Å². The number of nitrogens with one attached hydrogen (secondary N) is 2. The molecule has 68 valence electrons. The Balaban J connectivity index is 0.000000354. The maximum Gasteiger partial charge on any atom is 0.375 e. The zero-order valence-electron chi connectivity index (χ0n) is 6.63. The molecule has 6 nitrogen and oxygen atoms in total. The first-order valence-electron chi connectivity index (χ1n) is 3.01. The molecule has 0 aliphatic rings. The third-order valence-electron chi connectivity index (χ3n) is 0.649. The van der Waals surface area contributed by atoms with Gasteiger partial charge in [-0.3, -0.25) is 0 Å². The summed E-state index contributed by atoms with van der Waals surface area (Å²) in [5.41, 5.74) is 0. The molecule has 0 bridgehead atoms. The molecule has 0 radical (unpaired) electrons. The fourth-order valence-electron chi connectivity index (χ4n) is 0.338. The summed E-state index contributed by atoms with van der Waals surface area (Å²) in [5, 5.41) is 16.3. The van der Waals surface area contributed by atoms with Gasteiger partial charge >= 0.3 is 5.97 Å². The van der Waals surface area contributed by atoms with Crippen LogP contribution in [0.3, 0.4) is 0 Å². The van der Waals surface area contributed by atoms with Crippen molar-refractivity contribution in [3.63, 3.8) is 0 Å². The van der Waals surface area contributed by atoms with Gasteiger partial charge in [-0.15, -0.1) is 5.10 Å². The lowest BCUT2D eigenvalue weighted by molar-refractivity contribution is 0.0684. The molecule has 0 amide bonds. The highest BCUT2D eigenvalue weighted by atomic mass is 35.5. The van der Waals surface area contributed by atoms with Crippen LogP contribution in [-0.2, 0) is 0 Å². The number of aromatic carboxylic acids is 1. The molecule has 7 heteroatoms. The monoisotopic (exact) mass is 192 g/mol. The van der Waals surface area contributed by atoms with Crippen molar-refractivity contribution in [3.8, 4) is 0 Å². The van der Waals surface area contributed by atoms with Crippen LogP contribution in [0, 0.1) is 0 Å². The zero-order valence-corrected chi connectivity index (χ0v) is 7.38. The van der Waals surface area contributed by atoms with E-state index in [0.29, 0.717) is 0 Å². The molecular formula is C5H9ClN4O2. The van der Waals surface area contributed by atoms with Crippen molar-refractivity contribution in [1.82, 2.24) is 20.5 Å². The van der Waals surface area contributed by atoms with Gasteiger partial charge in [0.1, 0.15) is 0 Å². The molecule has 0 unspecified atom stereocenters. The van der Waals surface area contributed by atoms with Gasteiger partial charge in [0.05, 0.1) is 0 Å². The molecule has 0 atom stereocenters. The predicted molar refractivity (Wildman–Crippen MR) is 43.3 cm³/mol. The second-order valence-corrected chi connectivity index (χ2v) is 2.11. The van der Waals surface area contributed by atoms with Crippen LogP contribution in [0.5, 0.6) is 0 Å². The number of hydrogen-bond acceptors (Lipinski definition) is 4. The third-order valence-corrected chi connectivity index (χ3v) is 0.818. The van der Waals surface area contributed by atoms with E-state index in [1.54, 1.807) is 0 Å². The predicted octanol–water partition coefficient (Wildman–Crippen LogP) is -0.00810. The molecule has 0 spiro atoms. The smallest absolute Gasteiger partial charge is 0.375 e. The molecule has 0 saturated carbocycles. The first-order valence-corrected chi connectivity index (χ1v) is 3.39. The lowest BCUT2D eigenvalue weighted by atomic mass is 10.7. The largest absolute Gasteiger partial charge is 0.475 e. The Bertz CT molecular complexity index is 249. The summed E-state index contributed by atoms with van der Waals surface area (Å²) in [6.07, 6.45) is 0. The number of carboxylic acids is 1. The normalized spacial score (nSPS) is 8.58. The summed E-state index contributed by atoms with van der Waals surface area (Å²) >= 11 is 5.21. The topological polar surface area (TPSA) is 90.9 Å². The minimum Gasteiger partial charge on any atom is -0.475 e. The minimum absolute atomic E-state index is 0.0209. The maximum atomic E-state index is 10.0. The van der Waals surface area contributed by atoms with Crippen LogP contribution in [0.25, 0.3) is 0 Å². The fourth-order valence-corrected chi connectivity index (χ4v) is 0.460. The van der Waals surface area contributed by atoms with Crippen LogP contribution in [-0.4, -0.2) is 40.4 Å². The Morgan fingerprint density at radius 3 is 2.33 bits per heavy atom. The summed E-state index contributed by atoms with van der Waals surface area (Å²) in [6.45, 7) is 0. The first kappa shape index (κ1) is 10.9. The van der Waals surface area contributed by atoms with E-state index in [-0.39, 0.29) is 11.1 Å². The Hall–Kier alpha value is -1.14. The molecule has 12 heavy (non-hydrogen) atoms. The summed E-state index contributed by atoms with van der Waals surface area (Å²) in [6, 6.07) is 0. The van der Waals surface area contributed by atoms with Crippen LogP contribution in [0.1, 0.15) is 10.6 Å². The van der Waals surface area contributed by atoms with Gasteiger partial charge in [-0.2, -0.15) is 4.98 Å². The van der Waals surface area contributed by atoms with Gasteiger partial charge in [0.25, 0.3) is 5.82 Å². The number of H-pyrrole nitrogens is 1. The Kier molecular flexibility index (Phi) is 4.98. The average molecular weight is 193 g/mol. The fraction of sp³-hybridized carbons (Fsp3) is 0.400. The second-order valence-electron chi connectivity index (χ2n) is 1.75. The number of hydrogen-bond donors (Lipinski definition) is 3. The average Bonchev–Trinajstić information content (AvgIpc) is 2.37. The van der Waals surface area contributed by atoms with E-state index in [0.717, 1.165) is 0 Å². The van der Waals surface area contributed by atoms with Crippen molar-refractivity contribution in [3.05, 3.63) is 11.1 Å². The summed E-state index contributed by atoms with van der Waals surface area (Å²) in [4.78, 5) is 13.3. The minimum atomic E-state index is -1.20. The van der Waals surface area contributed by atoms with E-state index >= 15 is 0 Å². The Morgan fingerprint density at radius 1 is 1.67 bits per heavy atom. The molecule has 1 rings (SSSR count). The first-order chi connectivity index (χ1) is 5.61. The highest BCUT2D eigenvalue weighted by molar-refractivity contribution is 6.28. The van der Waals surface area contributed by atoms with Gasteiger partial charge in [0.15, 0.2) is 0 Å². The van der Waals surface area contributed by atoms with Crippen LogP contribution in [0.15, 0.2) is 0 Å². The number of carboxylic acid groups (broad SMARTS) is 1. The van der Waals surface area contributed by atoms with Gasteiger partial charge < -0.3 is 10.4 Å². The molecule has 0 fully saturated rings. The van der Waals surface area contributed by atoms with E-state index in [9.17, 15) is 4.79 Å². The lowest BCUT2D eigenvalue weighted by Gasteiger charge is -1.75. The molecule has 3 N–H and O–H groups in total. The number of halogens is 1.